The fourth-order valence-corrected chi connectivity index (χ4v) is 3.69. The maximum Gasteiger partial charge on any atom is 0.416 e. The predicted molar refractivity (Wildman–Crippen MR) is 108 cm³/mol. The molecule has 0 radical (unpaired) electrons. The third-order valence-electron chi connectivity index (χ3n) is 4.52. The first kappa shape index (κ1) is 21.0. The zero-order valence-corrected chi connectivity index (χ0v) is 16.5. The van der Waals surface area contributed by atoms with Gasteiger partial charge in [0, 0.05) is 11.1 Å². The number of halogens is 3. The van der Waals surface area contributed by atoms with Gasteiger partial charge >= 0.3 is 6.18 Å². The van der Waals surface area contributed by atoms with E-state index in [9.17, 15) is 18.0 Å². The summed E-state index contributed by atoms with van der Waals surface area (Å²) in [6.45, 7) is 0.473. The first-order valence-corrected chi connectivity index (χ1v) is 10.2. The molecule has 152 valence electrons. The molecule has 3 nitrogen and oxygen atoms in total. The van der Waals surface area contributed by atoms with Crippen LogP contribution in [0.4, 0.5) is 13.2 Å². The molecular weight excluding hydrogens is 397 g/mol. The Balaban J connectivity index is 1.53. The molecule has 2 aromatic heterocycles. The summed E-state index contributed by atoms with van der Waals surface area (Å²) in [6, 6.07) is 12.8. The van der Waals surface area contributed by atoms with E-state index >= 15 is 0 Å². The molecule has 1 N–H and O–H groups in total. The molecule has 7 heteroatoms. The molecule has 0 unspecified atom stereocenters. The molecule has 0 spiro atoms. The molecule has 0 aliphatic heterocycles. The molecule has 0 saturated carbocycles. The number of carbonyl (C=O) groups is 1. The van der Waals surface area contributed by atoms with Crippen molar-refractivity contribution in [1.29, 1.82) is 0 Å². The van der Waals surface area contributed by atoms with Crippen molar-refractivity contribution in [2.45, 2.75) is 38.4 Å². The summed E-state index contributed by atoms with van der Waals surface area (Å²) in [7, 11) is 0. The monoisotopic (exact) mass is 418 g/mol. The predicted octanol–water partition coefficient (Wildman–Crippen LogP) is 5.66. The van der Waals surface area contributed by atoms with Gasteiger partial charge in [-0.3, -0.25) is 9.78 Å². The summed E-state index contributed by atoms with van der Waals surface area (Å²) in [5, 5.41) is 4.86. The number of amides is 1. The van der Waals surface area contributed by atoms with Crippen LogP contribution in [0.25, 0.3) is 0 Å². The third kappa shape index (κ3) is 6.15. The minimum Gasteiger partial charge on any atom is -0.347 e. The molecule has 0 atom stereocenters. The number of benzene rings is 1. The highest BCUT2D eigenvalue weighted by molar-refractivity contribution is 7.09. The summed E-state index contributed by atoms with van der Waals surface area (Å²) >= 11 is 1.58. The van der Waals surface area contributed by atoms with Crippen molar-refractivity contribution in [3.8, 4) is 0 Å². The number of carbonyl (C=O) groups excluding carboxylic acids is 1. The minimum atomic E-state index is -4.32. The molecule has 29 heavy (non-hydrogen) atoms. The number of pyridine rings is 1. The SMILES string of the molecule is O=C(NCc1cccs1)c1cccnc1CCCCc1cccc(C(F)(F)F)c1. The number of rotatable bonds is 8. The summed E-state index contributed by atoms with van der Waals surface area (Å²) in [4.78, 5) is 17.9. The van der Waals surface area contributed by atoms with E-state index in [0.29, 0.717) is 42.6 Å². The van der Waals surface area contributed by atoms with Crippen molar-refractivity contribution in [2.24, 2.45) is 0 Å². The van der Waals surface area contributed by atoms with E-state index < -0.39 is 11.7 Å². The van der Waals surface area contributed by atoms with Crippen LogP contribution in [0.3, 0.4) is 0 Å². The van der Waals surface area contributed by atoms with Crippen LogP contribution in [0.2, 0.25) is 0 Å². The molecule has 3 rings (SSSR count). The fraction of sp³-hybridized carbons (Fsp3) is 0.273. The molecule has 1 aromatic carbocycles. The van der Waals surface area contributed by atoms with Crippen LogP contribution in [0, 0.1) is 0 Å². The zero-order chi connectivity index (χ0) is 20.7. The normalized spacial score (nSPS) is 11.4. The lowest BCUT2D eigenvalue weighted by molar-refractivity contribution is -0.137. The molecular formula is C22H21F3N2OS. The van der Waals surface area contributed by atoms with Crippen LogP contribution in [0.15, 0.2) is 60.1 Å². The van der Waals surface area contributed by atoms with Gasteiger partial charge in [0.05, 0.1) is 23.4 Å². The average Bonchev–Trinajstić information content (AvgIpc) is 3.23. The maximum atomic E-state index is 12.8. The van der Waals surface area contributed by atoms with Crippen molar-refractivity contribution in [3.05, 3.63) is 87.4 Å². The molecule has 0 saturated heterocycles. The van der Waals surface area contributed by atoms with Crippen molar-refractivity contribution in [1.82, 2.24) is 10.3 Å². The van der Waals surface area contributed by atoms with E-state index in [0.717, 1.165) is 17.4 Å². The van der Waals surface area contributed by atoms with E-state index in [-0.39, 0.29) is 5.91 Å². The smallest absolute Gasteiger partial charge is 0.347 e. The Labute approximate surface area is 171 Å². The van der Waals surface area contributed by atoms with Gasteiger partial charge in [-0.2, -0.15) is 13.2 Å². The van der Waals surface area contributed by atoms with E-state index in [1.807, 2.05) is 17.5 Å². The Kier molecular flexibility index (Phi) is 7.04. The molecule has 0 fully saturated rings. The van der Waals surface area contributed by atoms with E-state index in [4.69, 9.17) is 0 Å². The van der Waals surface area contributed by atoms with E-state index in [1.54, 1.807) is 35.7 Å². The average molecular weight is 418 g/mol. The largest absolute Gasteiger partial charge is 0.416 e. The van der Waals surface area contributed by atoms with Crippen LogP contribution in [0.1, 0.15) is 44.9 Å². The van der Waals surface area contributed by atoms with Gasteiger partial charge in [0.2, 0.25) is 0 Å². The standard InChI is InChI=1S/C22H21F3N2OS/c23-22(24,25)17-8-3-7-16(14-17)6-1-2-11-20-19(10-4-12-26-20)21(28)27-15-18-9-5-13-29-18/h3-5,7-10,12-14H,1-2,6,11,15H2,(H,27,28). The number of aryl methyl sites for hydroxylation is 2. The second-order valence-corrected chi connectivity index (χ2v) is 7.70. The lowest BCUT2D eigenvalue weighted by Gasteiger charge is -2.10. The first-order chi connectivity index (χ1) is 13.9. The first-order valence-electron chi connectivity index (χ1n) is 9.34. The lowest BCUT2D eigenvalue weighted by Crippen LogP contribution is -2.24. The molecule has 0 aliphatic carbocycles. The molecule has 0 aliphatic rings. The van der Waals surface area contributed by atoms with Crippen molar-refractivity contribution >= 4 is 17.2 Å². The Bertz CT molecular complexity index is 939. The number of unbranched alkanes of at least 4 members (excludes halogenated alkanes) is 1. The van der Waals surface area contributed by atoms with Crippen LogP contribution >= 0.6 is 11.3 Å². The van der Waals surface area contributed by atoms with Crippen LogP contribution in [0.5, 0.6) is 0 Å². The molecule has 3 aromatic rings. The highest BCUT2D eigenvalue weighted by Crippen LogP contribution is 2.29. The van der Waals surface area contributed by atoms with Crippen molar-refractivity contribution < 1.29 is 18.0 Å². The number of nitrogens with one attached hydrogen (secondary N) is 1. The zero-order valence-electron chi connectivity index (χ0n) is 15.7. The second-order valence-electron chi connectivity index (χ2n) is 6.66. The van der Waals surface area contributed by atoms with Gasteiger partial charge in [-0.15, -0.1) is 11.3 Å². The lowest BCUT2D eigenvalue weighted by atomic mass is 10.0. The van der Waals surface area contributed by atoms with Crippen LogP contribution in [-0.4, -0.2) is 10.9 Å². The Hall–Kier alpha value is -2.67. The van der Waals surface area contributed by atoms with E-state index in [2.05, 4.69) is 10.3 Å². The topological polar surface area (TPSA) is 42.0 Å². The van der Waals surface area contributed by atoms with Gasteiger partial charge in [0.25, 0.3) is 5.91 Å². The van der Waals surface area contributed by atoms with Crippen molar-refractivity contribution in [2.75, 3.05) is 0 Å². The summed E-state index contributed by atoms with van der Waals surface area (Å²) in [5.74, 6) is -0.167. The van der Waals surface area contributed by atoms with Gasteiger partial charge < -0.3 is 5.32 Å². The minimum absolute atomic E-state index is 0.167. The number of hydrogen-bond acceptors (Lipinski definition) is 3. The van der Waals surface area contributed by atoms with Gasteiger partial charge in [0.15, 0.2) is 0 Å². The van der Waals surface area contributed by atoms with Gasteiger partial charge in [-0.25, -0.2) is 0 Å². The fourth-order valence-electron chi connectivity index (χ4n) is 3.04. The Morgan fingerprint density at radius 1 is 1.03 bits per heavy atom. The number of thiophene rings is 1. The second kappa shape index (κ2) is 9.69. The quantitative estimate of drug-likeness (QED) is 0.480. The van der Waals surface area contributed by atoms with Gasteiger partial charge in [-0.05, 0) is 60.9 Å². The highest BCUT2D eigenvalue weighted by atomic mass is 32.1. The summed E-state index contributed by atoms with van der Waals surface area (Å²) in [5.41, 5.74) is 1.29. The molecule has 2 heterocycles. The van der Waals surface area contributed by atoms with Gasteiger partial charge in [-0.1, -0.05) is 24.3 Å². The number of aromatic nitrogens is 1. The summed E-state index contributed by atoms with van der Waals surface area (Å²) < 4.78 is 38.4. The number of hydrogen-bond donors (Lipinski definition) is 1. The van der Waals surface area contributed by atoms with Crippen LogP contribution < -0.4 is 5.32 Å². The third-order valence-corrected chi connectivity index (χ3v) is 5.40. The maximum absolute atomic E-state index is 12.8. The Morgan fingerprint density at radius 3 is 2.62 bits per heavy atom. The number of alkyl halides is 3. The number of nitrogens with zero attached hydrogens (tertiary/aromatic N) is 1. The summed E-state index contributed by atoms with van der Waals surface area (Å²) in [6.07, 6.45) is -0.0711. The highest BCUT2D eigenvalue weighted by Gasteiger charge is 2.30. The van der Waals surface area contributed by atoms with Crippen LogP contribution in [-0.2, 0) is 25.6 Å². The van der Waals surface area contributed by atoms with Gasteiger partial charge in [0.1, 0.15) is 0 Å². The molecule has 1 amide bonds. The Morgan fingerprint density at radius 2 is 1.86 bits per heavy atom. The van der Waals surface area contributed by atoms with E-state index in [1.165, 1.54) is 12.1 Å². The van der Waals surface area contributed by atoms with Crippen molar-refractivity contribution in [3.63, 3.8) is 0 Å². The molecule has 0 bridgehead atoms.